The van der Waals surface area contributed by atoms with Crippen molar-refractivity contribution in [1.82, 2.24) is 14.6 Å². The zero-order valence-electron chi connectivity index (χ0n) is 12.1. The third-order valence-corrected chi connectivity index (χ3v) is 4.92. The van der Waals surface area contributed by atoms with Gasteiger partial charge in [-0.15, -0.1) is 0 Å². The van der Waals surface area contributed by atoms with Crippen LogP contribution >= 0.6 is 0 Å². The van der Waals surface area contributed by atoms with E-state index in [1.54, 1.807) is 4.90 Å². The van der Waals surface area contributed by atoms with Crippen molar-refractivity contribution in [2.45, 2.75) is 37.1 Å². The molecule has 1 fully saturated rings. The Bertz CT molecular complexity index is 588. The number of aromatic amines is 1. The zero-order valence-corrected chi connectivity index (χ0v) is 12.9. The lowest BCUT2D eigenvalue weighted by Gasteiger charge is -2.13. The molecule has 1 aliphatic heterocycles. The van der Waals surface area contributed by atoms with Gasteiger partial charge in [-0.2, -0.15) is 0 Å². The van der Waals surface area contributed by atoms with Crippen LogP contribution in [-0.4, -0.2) is 49.9 Å². The Labute approximate surface area is 124 Å². The van der Waals surface area contributed by atoms with Gasteiger partial charge in [0.15, 0.2) is 0 Å². The van der Waals surface area contributed by atoms with Crippen molar-refractivity contribution in [3.63, 3.8) is 0 Å². The van der Waals surface area contributed by atoms with Gasteiger partial charge in [-0.1, -0.05) is 0 Å². The van der Waals surface area contributed by atoms with Crippen LogP contribution < -0.4 is 10.5 Å². The van der Waals surface area contributed by atoms with Crippen LogP contribution in [0.1, 0.15) is 36.7 Å². The minimum absolute atomic E-state index is 0.0637. The molecule has 21 heavy (non-hydrogen) atoms. The average Bonchev–Trinajstić information content (AvgIpc) is 3.09. The fraction of sp³-hybridized carbons (Fsp3) is 0.615. The quantitative estimate of drug-likeness (QED) is 0.700. The average molecular weight is 314 g/mol. The van der Waals surface area contributed by atoms with E-state index in [0.717, 1.165) is 25.9 Å². The van der Waals surface area contributed by atoms with Gasteiger partial charge in [0.1, 0.15) is 10.6 Å². The predicted octanol–water partition coefficient (Wildman–Crippen LogP) is 0.266. The number of carbonyl (C=O) groups is 1. The molecule has 7 nitrogen and oxygen atoms in total. The molecule has 0 aromatic carbocycles. The normalized spacial score (nSPS) is 17.1. The van der Waals surface area contributed by atoms with Gasteiger partial charge in [0.2, 0.25) is 10.0 Å². The van der Waals surface area contributed by atoms with E-state index in [2.05, 4.69) is 9.71 Å². The first-order valence-electron chi connectivity index (χ1n) is 7.13. The number of hydrogen-bond donors (Lipinski definition) is 3. The van der Waals surface area contributed by atoms with Gasteiger partial charge in [-0.05, 0) is 32.3 Å². The van der Waals surface area contributed by atoms with E-state index >= 15 is 0 Å². The summed E-state index contributed by atoms with van der Waals surface area (Å²) in [4.78, 5) is 16.7. The van der Waals surface area contributed by atoms with Crippen LogP contribution in [0.3, 0.4) is 0 Å². The summed E-state index contributed by atoms with van der Waals surface area (Å²) in [5.41, 5.74) is 5.89. The molecule has 1 aromatic heterocycles. The molecule has 1 aromatic rings. The number of carbonyl (C=O) groups excluding carboxylic acids is 1. The largest absolute Gasteiger partial charge is 0.356 e. The molecule has 8 heteroatoms. The second-order valence-corrected chi connectivity index (χ2v) is 7.18. The third-order valence-electron chi connectivity index (χ3n) is 3.48. The Morgan fingerprint density at radius 3 is 2.76 bits per heavy atom. The summed E-state index contributed by atoms with van der Waals surface area (Å²) in [6, 6.07) is 1.32. The third kappa shape index (κ3) is 4.05. The van der Waals surface area contributed by atoms with Crippen LogP contribution in [-0.2, 0) is 10.0 Å². The molecule has 0 aliphatic carbocycles. The Hall–Kier alpha value is -1.38. The summed E-state index contributed by atoms with van der Waals surface area (Å²) >= 11 is 0. The van der Waals surface area contributed by atoms with Gasteiger partial charge in [0.05, 0.1) is 0 Å². The highest BCUT2D eigenvalue weighted by Crippen LogP contribution is 2.15. The van der Waals surface area contributed by atoms with Crippen molar-refractivity contribution < 1.29 is 13.2 Å². The second kappa shape index (κ2) is 6.59. The molecule has 4 N–H and O–H groups in total. The number of rotatable bonds is 6. The van der Waals surface area contributed by atoms with E-state index in [9.17, 15) is 13.2 Å². The Balaban J connectivity index is 2.02. The monoisotopic (exact) mass is 314 g/mol. The molecule has 118 valence electrons. The summed E-state index contributed by atoms with van der Waals surface area (Å²) in [6.45, 7) is 3.55. The van der Waals surface area contributed by atoms with E-state index in [1.165, 1.54) is 12.3 Å². The first kappa shape index (κ1) is 16.0. The van der Waals surface area contributed by atoms with Crippen molar-refractivity contribution in [2.75, 3.05) is 19.6 Å². The minimum Gasteiger partial charge on any atom is -0.356 e. The molecule has 1 amide bonds. The first-order valence-corrected chi connectivity index (χ1v) is 8.61. The van der Waals surface area contributed by atoms with Crippen molar-refractivity contribution in [2.24, 2.45) is 5.73 Å². The highest BCUT2D eigenvalue weighted by Gasteiger charge is 2.23. The molecular weight excluding hydrogens is 292 g/mol. The topological polar surface area (TPSA) is 108 Å². The lowest BCUT2D eigenvalue weighted by atomic mass is 10.3. The molecule has 1 aliphatic rings. The van der Waals surface area contributed by atoms with Crippen LogP contribution in [0.4, 0.5) is 0 Å². The van der Waals surface area contributed by atoms with Gasteiger partial charge in [0.25, 0.3) is 5.91 Å². The number of hydrogen-bond acceptors (Lipinski definition) is 4. The van der Waals surface area contributed by atoms with E-state index < -0.39 is 10.0 Å². The summed E-state index contributed by atoms with van der Waals surface area (Å²) in [7, 11) is -3.60. The van der Waals surface area contributed by atoms with E-state index in [0.29, 0.717) is 12.1 Å². The summed E-state index contributed by atoms with van der Waals surface area (Å²) < 4.78 is 26.6. The van der Waals surface area contributed by atoms with E-state index in [1.807, 2.05) is 6.92 Å². The molecular formula is C13H22N4O3S. The molecule has 2 rings (SSSR count). The summed E-state index contributed by atoms with van der Waals surface area (Å²) in [6.07, 6.45) is 3.90. The molecule has 2 heterocycles. The molecule has 1 atom stereocenters. The number of likely N-dealkylation sites (tertiary alicyclic amines) is 1. The standard InChI is InChI=1S/C13H22N4O3S/c1-10(14)4-5-16-21(19,20)11-8-12(15-9-11)13(18)17-6-2-3-7-17/h8-10,15-16H,2-7,14H2,1H3. The zero-order chi connectivity index (χ0) is 15.5. The number of sulfonamides is 1. The van der Waals surface area contributed by atoms with Crippen molar-refractivity contribution in [3.05, 3.63) is 18.0 Å². The van der Waals surface area contributed by atoms with Gasteiger partial charge in [-0.3, -0.25) is 4.79 Å². The number of nitrogens with two attached hydrogens (primary N) is 1. The predicted molar refractivity (Wildman–Crippen MR) is 79.4 cm³/mol. The molecule has 0 bridgehead atoms. The van der Waals surface area contributed by atoms with E-state index in [-0.39, 0.29) is 23.4 Å². The molecule has 0 radical (unpaired) electrons. The maximum absolute atomic E-state index is 12.2. The van der Waals surface area contributed by atoms with Crippen LogP contribution in [0.2, 0.25) is 0 Å². The second-order valence-electron chi connectivity index (χ2n) is 5.41. The maximum atomic E-state index is 12.2. The summed E-state index contributed by atoms with van der Waals surface area (Å²) in [5.74, 6) is -0.149. The molecule has 0 spiro atoms. The van der Waals surface area contributed by atoms with Crippen LogP contribution in [0.15, 0.2) is 17.2 Å². The van der Waals surface area contributed by atoms with Gasteiger partial charge >= 0.3 is 0 Å². The Kier molecular flexibility index (Phi) is 5.02. The van der Waals surface area contributed by atoms with Crippen LogP contribution in [0, 0.1) is 0 Å². The minimum atomic E-state index is -3.60. The van der Waals surface area contributed by atoms with Gasteiger partial charge in [-0.25, -0.2) is 13.1 Å². The number of nitrogens with one attached hydrogen (secondary N) is 2. The molecule has 0 saturated carbocycles. The Morgan fingerprint density at radius 1 is 1.48 bits per heavy atom. The van der Waals surface area contributed by atoms with Crippen LogP contribution in [0.5, 0.6) is 0 Å². The highest BCUT2D eigenvalue weighted by molar-refractivity contribution is 7.89. The fourth-order valence-electron chi connectivity index (χ4n) is 2.25. The molecule has 1 unspecified atom stereocenters. The number of amides is 1. The molecule has 1 saturated heterocycles. The SMILES string of the molecule is CC(N)CCNS(=O)(=O)c1c[nH]c(C(=O)N2CCCC2)c1. The maximum Gasteiger partial charge on any atom is 0.270 e. The fourth-order valence-corrected chi connectivity index (χ4v) is 3.29. The van der Waals surface area contributed by atoms with Crippen LogP contribution in [0.25, 0.3) is 0 Å². The number of H-pyrrole nitrogens is 1. The summed E-state index contributed by atoms with van der Waals surface area (Å²) in [5, 5.41) is 0. The van der Waals surface area contributed by atoms with Crippen molar-refractivity contribution in [3.8, 4) is 0 Å². The number of nitrogens with zero attached hydrogens (tertiary/aromatic N) is 1. The lowest BCUT2D eigenvalue weighted by Crippen LogP contribution is -2.29. The first-order chi connectivity index (χ1) is 9.90. The van der Waals surface area contributed by atoms with Crippen molar-refractivity contribution >= 4 is 15.9 Å². The Morgan fingerprint density at radius 2 is 2.14 bits per heavy atom. The van der Waals surface area contributed by atoms with Gasteiger partial charge < -0.3 is 15.6 Å². The lowest BCUT2D eigenvalue weighted by molar-refractivity contribution is 0.0787. The number of aromatic nitrogens is 1. The smallest absolute Gasteiger partial charge is 0.270 e. The highest BCUT2D eigenvalue weighted by atomic mass is 32.2. The van der Waals surface area contributed by atoms with Crippen molar-refractivity contribution in [1.29, 1.82) is 0 Å². The van der Waals surface area contributed by atoms with E-state index in [4.69, 9.17) is 5.73 Å². The van der Waals surface area contributed by atoms with Gasteiger partial charge in [0, 0.05) is 31.9 Å².